The molecule has 2 heterocycles. The van der Waals surface area contributed by atoms with E-state index in [1.165, 1.54) is 75.4 Å². The summed E-state index contributed by atoms with van der Waals surface area (Å²) in [6.07, 6.45) is 7.00. The zero-order chi connectivity index (χ0) is 88.6. The summed E-state index contributed by atoms with van der Waals surface area (Å²) in [5.74, 6) is -12.7. The molecule has 2 aliphatic heterocycles. The molecule has 0 amide bonds. The number of aldehydes is 1. The minimum Gasteiger partial charge on any atom is -0.508 e. The fraction of sp³-hybridized carbons (Fsp3) is 0.273. The van der Waals surface area contributed by atoms with Crippen LogP contribution in [0.4, 0.5) is 52.7 Å². The monoisotopic (exact) mass is 1930 g/mol. The van der Waals surface area contributed by atoms with Gasteiger partial charge in [0.25, 0.3) is 0 Å². The first-order valence-corrected chi connectivity index (χ1v) is 48.3. The van der Waals surface area contributed by atoms with Crippen LogP contribution in [0.2, 0.25) is 44.3 Å². The van der Waals surface area contributed by atoms with Crippen molar-refractivity contribution in [3.8, 4) is 11.5 Å². The first-order chi connectivity index (χ1) is 54.0. The highest BCUT2D eigenvalue weighted by Crippen LogP contribution is 2.48. The van der Waals surface area contributed by atoms with Gasteiger partial charge in [-0.2, -0.15) is 0 Å². The van der Waals surface area contributed by atoms with Gasteiger partial charge < -0.3 is 30.0 Å². The standard InChI is InChI=1S/C24H22F2O3Si.C24H20F2O3Si.C15H23BrF2OSi.C9H9BrF2O.C8H7BrF2O.C8H5BrF2O/c2*1-12-9-18(13(2)27)23(25)24(26)21(12)22-16-7-5-14(28)10-19(16)30(3,4)20-11-15(29)6-8-17(20)22;1-9-8-11(13(17)14(18)12(9)16)10(2)19-20(6,7)15(3,4)5;1-4-3-6(5(2)13)8(11)9(12)7(4)10;2*1-4-2-5(3-12)7(10)8(11)6(4)9/h5-11,13,27-28H,1-4H3;5-11,28H,1-4H3;8,10H,1-7H3;3,5,13H,1-2H3;2,12H,3H2,1H3;2-3H,1H3. The van der Waals surface area contributed by atoms with Crippen molar-refractivity contribution in [2.75, 3.05) is 0 Å². The van der Waals surface area contributed by atoms with Crippen LogP contribution in [-0.4, -0.2) is 73.6 Å². The maximum absolute atomic E-state index is 15.4. The molecule has 0 saturated carbocycles. The Morgan fingerprint density at radius 3 is 1.23 bits per heavy atom. The highest BCUT2D eigenvalue weighted by Gasteiger charge is 2.44. The lowest BCUT2D eigenvalue weighted by molar-refractivity contribution is -0.111. The highest BCUT2D eigenvalue weighted by atomic mass is 79.9. The molecule has 2 aliphatic carbocycles. The van der Waals surface area contributed by atoms with Crippen molar-refractivity contribution >= 4 is 133 Å². The van der Waals surface area contributed by atoms with E-state index in [-0.39, 0.29) is 96.8 Å². The summed E-state index contributed by atoms with van der Waals surface area (Å²) in [6, 6.07) is 18.4. The summed E-state index contributed by atoms with van der Waals surface area (Å²) in [4.78, 5) is 46.3. The number of halogens is 16. The molecule has 0 bridgehead atoms. The van der Waals surface area contributed by atoms with Crippen LogP contribution in [0.1, 0.15) is 165 Å². The van der Waals surface area contributed by atoms with Crippen LogP contribution in [0.25, 0.3) is 11.1 Å². The largest absolute Gasteiger partial charge is 0.508 e. The van der Waals surface area contributed by atoms with E-state index in [1.807, 2.05) is 0 Å². The number of phenolic OH excluding ortho intramolecular Hbond substituents is 2. The average molecular weight is 1940 g/mol. The molecule has 0 radical (unpaired) electrons. The molecule has 12 rings (SSSR count). The Morgan fingerprint density at radius 1 is 0.487 bits per heavy atom. The number of ketones is 3. The summed E-state index contributed by atoms with van der Waals surface area (Å²) < 4.78 is 173. The normalized spacial score (nSPS) is 15.0. The third-order valence-electron chi connectivity index (χ3n) is 20.9. The molecule has 0 fully saturated rings. The average Bonchev–Trinajstić information content (AvgIpc) is 0.719. The van der Waals surface area contributed by atoms with Gasteiger partial charge >= 0.3 is 0 Å². The maximum Gasteiger partial charge on any atom is 0.192 e. The number of fused-ring (bicyclic) bond motifs is 4. The Kier molecular flexibility index (Phi) is 31.1. The van der Waals surface area contributed by atoms with E-state index in [4.69, 9.17) is 14.6 Å². The number of phenols is 2. The van der Waals surface area contributed by atoms with E-state index >= 15 is 8.78 Å². The Balaban J connectivity index is 0.000000203. The van der Waals surface area contributed by atoms with Crippen molar-refractivity contribution in [1.82, 2.24) is 0 Å². The van der Waals surface area contributed by atoms with Gasteiger partial charge in [-0.1, -0.05) is 71.2 Å². The summed E-state index contributed by atoms with van der Waals surface area (Å²) in [7, 11) is -6.80. The van der Waals surface area contributed by atoms with E-state index < -0.39 is 125 Å². The van der Waals surface area contributed by atoms with Crippen LogP contribution in [0.15, 0.2) is 149 Å². The molecular formula is C88H86Br4F12O10Si3. The zero-order valence-electron chi connectivity index (χ0n) is 67.2. The summed E-state index contributed by atoms with van der Waals surface area (Å²) in [6.45, 7) is 34.0. The quantitative estimate of drug-likeness (QED) is 0.0291. The van der Waals surface area contributed by atoms with Crippen molar-refractivity contribution < 1.29 is 102 Å². The number of aliphatic hydroxyl groups is 3. The Morgan fingerprint density at radius 2 is 0.838 bits per heavy atom. The third-order valence-corrected chi connectivity index (χ3v) is 36.4. The van der Waals surface area contributed by atoms with Crippen molar-refractivity contribution in [2.45, 2.75) is 159 Å². The van der Waals surface area contributed by atoms with Gasteiger partial charge in [-0.3, -0.25) is 19.2 Å². The van der Waals surface area contributed by atoms with E-state index in [0.717, 1.165) is 26.3 Å². The predicted octanol–water partition coefficient (Wildman–Crippen LogP) is 23.5. The number of Topliss-reactive ketones (excluding diaryl/α,β-unsaturated/α-hetero) is 1. The molecule has 8 aromatic carbocycles. The molecule has 0 aromatic heterocycles. The topological polar surface area (TPSA) is 179 Å². The summed E-state index contributed by atoms with van der Waals surface area (Å²) >= 11 is 11.7. The summed E-state index contributed by atoms with van der Waals surface area (Å²) in [5.41, 5.74) is 6.76. The number of allylic oxidation sites excluding steroid dienone is 10. The highest BCUT2D eigenvalue weighted by molar-refractivity contribution is 9.11. The van der Waals surface area contributed by atoms with E-state index in [0.29, 0.717) is 61.2 Å². The minimum atomic E-state index is -2.40. The fourth-order valence-corrected chi connectivity index (χ4v) is 22.1. The molecule has 0 spiro atoms. The van der Waals surface area contributed by atoms with Gasteiger partial charge in [0.05, 0.1) is 53.9 Å². The molecule has 8 aromatic rings. The van der Waals surface area contributed by atoms with Crippen molar-refractivity contribution in [2.24, 2.45) is 0 Å². The molecule has 0 saturated heterocycles. The molecule has 622 valence electrons. The molecule has 117 heavy (non-hydrogen) atoms. The lowest BCUT2D eigenvalue weighted by atomic mass is 9.86. The predicted molar refractivity (Wildman–Crippen MR) is 454 cm³/mol. The molecular weight excluding hydrogens is 1850 g/mol. The second-order valence-corrected chi connectivity index (χ2v) is 47.7. The Labute approximate surface area is 708 Å². The number of aliphatic hydroxyl groups excluding tert-OH is 3. The first-order valence-electron chi connectivity index (χ1n) is 36.2. The van der Waals surface area contributed by atoms with Crippen LogP contribution >= 0.6 is 63.7 Å². The van der Waals surface area contributed by atoms with Gasteiger partial charge in [0.1, 0.15) is 27.6 Å². The molecule has 10 nitrogen and oxygen atoms in total. The second-order valence-electron chi connectivity index (χ2n) is 31.1. The smallest absolute Gasteiger partial charge is 0.192 e. The number of benzene rings is 8. The van der Waals surface area contributed by atoms with Crippen LogP contribution in [-0.2, 0) is 20.6 Å². The number of carbonyl (C=O) groups is 4. The van der Waals surface area contributed by atoms with Crippen molar-refractivity contribution in [3.63, 3.8) is 0 Å². The van der Waals surface area contributed by atoms with Gasteiger partial charge in [0.2, 0.25) is 0 Å². The number of hydrogen-bond acceptors (Lipinski definition) is 10. The van der Waals surface area contributed by atoms with Gasteiger partial charge in [0.15, 0.2) is 102 Å². The van der Waals surface area contributed by atoms with Crippen LogP contribution < -0.4 is 10.4 Å². The second kappa shape index (κ2) is 37.8. The van der Waals surface area contributed by atoms with Gasteiger partial charge in [-0.05, 0) is 324 Å². The fourth-order valence-electron chi connectivity index (χ4n) is 13.4. The minimum absolute atomic E-state index is 0.0156. The lowest BCUT2D eigenvalue weighted by Crippen LogP contribution is -2.49. The number of hydrogen-bond donors (Lipinski definition) is 5. The molecule has 29 heteroatoms. The van der Waals surface area contributed by atoms with E-state index in [9.17, 15) is 78.4 Å². The maximum atomic E-state index is 15.4. The number of rotatable bonds is 10. The van der Waals surface area contributed by atoms with E-state index in [1.54, 1.807) is 103 Å². The Hall–Kier alpha value is -7.95. The van der Waals surface area contributed by atoms with Crippen LogP contribution in [0, 0.1) is 111 Å². The van der Waals surface area contributed by atoms with Crippen molar-refractivity contribution in [1.29, 1.82) is 0 Å². The van der Waals surface area contributed by atoms with Crippen LogP contribution in [0.5, 0.6) is 11.5 Å². The van der Waals surface area contributed by atoms with Crippen LogP contribution in [0.3, 0.4) is 0 Å². The molecule has 3 atom stereocenters. The van der Waals surface area contributed by atoms with E-state index in [2.05, 4.69) is 124 Å². The molecule has 4 aliphatic rings. The number of carbonyl (C=O) groups excluding carboxylic acids is 4. The lowest BCUT2D eigenvalue weighted by Gasteiger charge is -2.38. The molecule has 3 unspecified atom stereocenters. The first kappa shape index (κ1) is 96.2. The van der Waals surface area contributed by atoms with Gasteiger partial charge in [-0.25, -0.2) is 52.7 Å². The molecule has 5 N–H and O–H groups in total. The SMILES string of the molecule is CC(=O)c1cc(C)c(C2=C3C=CC(=O)C=C3[Si](C)(C)c3cc(O)ccc32)c(F)c1F.Cc1cc(C(C)O)c(F)c(F)c1Br.Cc1cc(C(C)O)c(F)c(F)c1C1=C2C=CC(=O)C=C2[Si](C)(C)c2cc(O)ccc21.Cc1cc(C(C)O[Si](C)(C)C(C)(C)C)c(F)c(F)c1Br.Cc1cc(C=O)c(F)c(F)c1Br.Cc1cc(CO)c(F)c(F)c1Br. The van der Waals surface area contributed by atoms with Crippen molar-refractivity contribution in [3.05, 3.63) is 308 Å². The number of aromatic hydroxyl groups is 2. The Bertz CT molecular complexity index is 5590. The zero-order valence-corrected chi connectivity index (χ0v) is 76.6. The van der Waals surface area contributed by atoms with Gasteiger partial charge in [-0.15, -0.1) is 0 Å². The third kappa shape index (κ3) is 20.1. The summed E-state index contributed by atoms with van der Waals surface area (Å²) in [5, 5.41) is 51.2. The number of aryl methyl sites for hydroxylation is 6. The van der Waals surface area contributed by atoms with Gasteiger partial charge in [0, 0.05) is 33.4 Å².